The van der Waals surface area contributed by atoms with E-state index < -0.39 is 0 Å². The number of fused-ring (bicyclic) bond motifs is 1. The molecule has 3 heterocycles. The maximum absolute atomic E-state index is 13.4. The number of benzene rings is 2. The first kappa shape index (κ1) is 26.3. The van der Waals surface area contributed by atoms with E-state index in [0.29, 0.717) is 30.7 Å². The second-order valence-corrected chi connectivity index (χ2v) is 11.4. The van der Waals surface area contributed by atoms with Gasteiger partial charge in [-0.15, -0.1) is 11.3 Å². The number of ether oxygens (including phenoxy) is 1. The number of rotatable bonds is 4. The van der Waals surface area contributed by atoms with E-state index in [1.165, 1.54) is 12.8 Å². The Kier molecular flexibility index (Phi) is 7.49. The molecule has 5 rings (SSSR count). The van der Waals surface area contributed by atoms with Crippen LogP contribution in [0.15, 0.2) is 41.8 Å². The summed E-state index contributed by atoms with van der Waals surface area (Å²) in [5.74, 6) is -0.0904. The summed E-state index contributed by atoms with van der Waals surface area (Å²) in [5.41, 5.74) is 4.87. The molecular formula is C29H37N5O3S. The number of hydrogen-bond donors (Lipinski definition) is 1. The fourth-order valence-corrected chi connectivity index (χ4v) is 6.47. The number of methoxy groups -OCH3 is 1. The summed E-state index contributed by atoms with van der Waals surface area (Å²) in [6, 6.07) is 13.5. The molecule has 2 aliphatic heterocycles. The van der Waals surface area contributed by atoms with E-state index in [1.807, 2.05) is 17.5 Å². The maximum Gasteiger partial charge on any atom is 0.409 e. The van der Waals surface area contributed by atoms with Crippen LogP contribution < -0.4 is 15.1 Å². The van der Waals surface area contributed by atoms with Crippen LogP contribution in [0.5, 0.6) is 0 Å². The van der Waals surface area contributed by atoms with Crippen LogP contribution in [0, 0.1) is 6.92 Å². The highest BCUT2D eigenvalue weighted by Crippen LogP contribution is 2.32. The Labute approximate surface area is 228 Å². The number of aryl methyl sites for hydroxylation is 1. The molecule has 1 aromatic heterocycles. The van der Waals surface area contributed by atoms with E-state index in [0.717, 1.165) is 53.2 Å². The van der Waals surface area contributed by atoms with Crippen molar-refractivity contribution in [2.45, 2.75) is 32.9 Å². The predicted octanol–water partition coefficient (Wildman–Crippen LogP) is 4.88. The molecule has 0 aliphatic carbocycles. The zero-order valence-electron chi connectivity index (χ0n) is 22.9. The van der Waals surface area contributed by atoms with Crippen LogP contribution in [0.3, 0.4) is 0 Å². The van der Waals surface area contributed by atoms with Gasteiger partial charge < -0.3 is 24.8 Å². The van der Waals surface area contributed by atoms with Crippen molar-refractivity contribution < 1.29 is 14.3 Å². The molecule has 3 aromatic rings. The zero-order valence-corrected chi connectivity index (χ0v) is 23.7. The lowest BCUT2D eigenvalue weighted by atomic mass is 10.1. The standard InChI is InChI=1S/C29H37N5O3S/c1-19-14-22(6-8-26(19)32-10-12-33(13-11-32)29(36)37-5)30-28(35)25-18-38-27-9-7-23(15-24(25)27)34-16-20(2)31(4)21(3)17-34/h6-9,14-15,18,20-21H,10-13,16-17H2,1-5H3,(H,30,35). The molecule has 0 radical (unpaired) electrons. The summed E-state index contributed by atoms with van der Waals surface area (Å²) in [7, 11) is 3.61. The normalized spacial score (nSPS) is 20.6. The number of hydrogen-bond acceptors (Lipinski definition) is 7. The molecule has 2 unspecified atom stereocenters. The Balaban J connectivity index is 1.29. The molecule has 1 N–H and O–H groups in total. The minimum absolute atomic E-state index is 0.0904. The first-order valence-corrected chi connectivity index (χ1v) is 14.1. The fraction of sp³-hybridized carbons (Fsp3) is 0.448. The lowest BCUT2D eigenvalue weighted by molar-refractivity contribution is 0.102. The van der Waals surface area contributed by atoms with Gasteiger partial charge in [-0.1, -0.05) is 0 Å². The largest absolute Gasteiger partial charge is 0.453 e. The van der Waals surface area contributed by atoms with Crippen molar-refractivity contribution in [2.75, 3.05) is 68.5 Å². The third kappa shape index (κ3) is 5.17. The molecule has 2 aliphatic rings. The summed E-state index contributed by atoms with van der Waals surface area (Å²) in [4.78, 5) is 34.0. The molecule has 2 atom stereocenters. The number of piperazine rings is 2. The molecule has 9 heteroatoms. The molecule has 8 nitrogen and oxygen atoms in total. The van der Waals surface area contributed by atoms with Gasteiger partial charge in [0.2, 0.25) is 0 Å². The Morgan fingerprint density at radius 1 is 0.974 bits per heavy atom. The van der Waals surface area contributed by atoms with Crippen LogP contribution in [0.1, 0.15) is 29.8 Å². The SMILES string of the molecule is COC(=O)N1CCN(c2ccc(NC(=O)c3csc4ccc(N5CC(C)N(C)C(C)C5)cc34)cc2C)CC1. The number of nitrogens with zero attached hydrogens (tertiary/aromatic N) is 4. The average Bonchev–Trinajstić information content (AvgIpc) is 3.35. The average molecular weight is 536 g/mol. The Morgan fingerprint density at radius 3 is 2.34 bits per heavy atom. The van der Waals surface area contributed by atoms with Gasteiger partial charge in [-0.25, -0.2) is 4.79 Å². The molecule has 2 amide bonds. The van der Waals surface area contributed by atoms with Crippen molar-refractivity contribution in [2.24, 2.45) is 0 Å². The van der Waals surface area contributed by atoms with Gasteiger partial charge in [-0.05, 0) is 69.8 Å². The molecule has 2 saturated heterocycles. The summed E-state index contributed by atoms with van der Waals surface area (Å²) in [6.45, 7) is 11.3. The van der Waals surface area contributed by atoms with Crippen molar-refractivity contribution in [1.82, 2.24) is 9.80 Å². The van der Waals surface area contributed by atoms with Crippen molar-refractivity contribution in [3.05, 3.63) is 52.9 Å². The lowest BCUT2D eigenvalue weighted by Crippen LogP contribution is -2.55. The van der Waals surface area contributed by atoms with Crippen LogP contribution >= 0.6 is 11.3 Å². The van der Waals surface area contributed by atoms with Gasteiger partial charge in [0.25, 0.3) is 5.91 Å². The summed E-state index contributed by atoms with van der Waals surface area (Å²) in [5, 5.41) is 6.08. The number of carbonyl (C=O) groups excluding carboxylic acids is 2. The number of likely N-dealkylation sites (N-methyl/N-ethyl adjacent to an activating group) is 1. The van der Waals surface area contributed by atoms with Gasteiger partial charge in [0.05, 0.1) is 12.7 Å². The Morgan fingerprint density at radius 2 is 1.68 bits per heavy atom. The Hall–Kier alpha value is -3.30. The fourth-order valence-electron chi connectivity index (χ4n) is 5.55. The second kappa shape index (κ2) is 10.8. The highest BCUT2D eigenvalue weighted by atomic mass is 32.1. The van der Waals surface area contributed by atoms with Crippen molar-refractivity contribution >= 4 is 50.5 Å². The first-order chi connectivity index (χ1) is 18.2. The lowest BCUT2D eigenvalue weighted by Gasteiger charge is -2.43. The van der Waals surface area contributed by atoms with Crippen LogP contribution in [-0.4, -0.2) is 87.3 Å². The number of anilines is 3. The zero-order chi connectivity index (χ0) is 27.0. The number of thiophene rings is 1. The molecule has 2 fully saturated rings. The Bertz CT molecular complexity index is 1320. The van der Waals surface area contributed by atoms with Gasteiger partial charge in [-0.2, -0.15) is 0 Å². The summed E-state index contributed by atoms with van der Waals surface area (Å²) >= 11 is 1.61. The molecule has 202 valence electrons. The van der Waals surface area contributed by atoms with Crippen LogP contribution in [-0.2, 0) is 4.74 Å². The molecule has 0 spiro atoms. The predicted molar refractivity (Wildman–Crippen MR) is 156 cm³/mol. The quantitative estimate of drug-likeness (QED) is 0.514. The number of nitrogens with one attached hydrogen (secondary N) is 1. The van der Waals surface area contributed by atoms with Gasteiger partial charge in [0, 0.05) is 83.9 Å². The third-order valence-electron chi connectivity index (χ3n) is 8.03. The van der Waals surface area contributed by atoms with E-state index in [4.69, 9.17) is 4.74 Å². The third-order valence-corrected chi connectivity index (χ3v) is 9.00. The molecule has 0 bridgehead atoms. The van der Waals surface area contributed by atoms with Crippen molar-refractivity contribution in [3.63, 3.8) is 0 Å². The van der Waals surface area contributed by atoms with Gasteiger partial charge in [0.1, 0.15) is 0 Å². The number of carbonyl (C=O) groups is 2. The van der Waals surface area contributed by atoms with E-state index in [9.17, 15) is 9.59 Å². The molecular weight excluding hydrogens is 498 g/mol. The first-order valence-electron chi connectivity index (χ1n) is 13.2. The van der Waals surface area contributed by atoms with E-state index in [1.54, 1.807) is 16.2 Å². The highest BCUT2D eigenvalue weighted by molar-refractivity contribution is 7.17. The smallest absolute Gasteiger partial charge is 0.409 e. The van der Waals surface area contributed by atoms with Crippen molar-refractivity contribution in [3.8, 4) is 0 Å². The van der Waals surface area contributed by atoms with E-state index >= 15 is 0 Å². The van der Waals surface area contributed by atoms with Crippen molar-refractivity contribution in [1.29, 1.82) is 0 Å². The van der Waals surface area contributed by atoms with E-state index in [-0.39, 0.29) is 12.0 Å². The minimum atomic E-state index is -0.278. The second-order valence-electron chi connectivity index (χ2n) is 10.5. The van der Waals surface area contributed by atoms with E-state index in [2.05, 4.69) is 72.1 Å². The van der Waals surface area contributed by atoms with Crippen LogP contribution in [0.2, 0.25) is 0 Å². The topological polar surface area (TPSA) is 68.4 Å². The van der Waals surface area contributed by atoms with Gasteiger partial charge >= 0.3 is 6.09 Å². The van der Waals surface area contributed by atoms with Gasteiger partial charge in [-0.3, -0.25) is 9.69 Å². The highest BCUT2D eigenvalue weighted by Gasteiger charge is 2.27. The minimum Gasteiger partial charge on any atom is -0.453 e. The summed E-state index contributed by atoms with van der Waals surface area (Å²) in [6.07, 6.45) is -0.278. The summed E-state index contributed by atoms with van der Waals surface area (Å²) < 4.78 is 5.96. The van der Waals surface area contributed by atoms with Gasteiger partial charge in [0.15, 0.2) is 0 Å². The number of amides is 2. The van der Waals surface area contributed by atoms with Crippen LogP contribution in [0.25, 0.3) is 10.1 Å². The van der Waals surface area contributed by atoms with Crippen LogP contribution in [0.4, 0.5) is 21.9 Å². The maximum atomic E-state index is 13.4. The molecule has 38 heavy (non-hydrogen) atoms. The molecule has 0 saturated carbocycles. The monoisotopic (exact) mass is 535 g/mol. The molecule has 2 aromatic carbocycles.